The summed E-state index contributed by atoms with van der Waals surface area (Å²) in [4.78, 5) is 18.1. The number of carbonyl (C=O) groups excluding carboxylic acids is 1. The number of pyridine rings is 1. The predicted octanol–water partition coefficient (Wildman–Crippen LogP) is 6.38. The first-order valence-corrected chi connectivity index (χ1v) is 12.0. The Morgan fingerprint density at radius 3 is 2.67 bits per heavy atom. The van der Waals surface area contributed by atoms with E-state index in [2.05, 4.69) is 11.9 Å². The van der Waals surface area contributed by atoms with Gasteiger partial charge in [0.15, 0.2) is 0 Å². The molecule has 6 heteroatoms. The van der Waals surface area contributed by atoms with Gasteiger partial charge in [-0.15, -0.1) is 0 Å². The fraction of sp³-hybridized carbons (Fsp3) is 0.519. The average Bonchev–Trinajstić information content (AvgIpc) is 3.13. The number of ether oxygens (including phenoxy) is 1. The van der Waals surface area contributed by atoms with Gasteiger partial charge in [-0.1, -0.05) is 34.1 Å². The summed E-state index contributed by atoms with van der Waals surface area (Å²) < 4.78 is 23.2. The summed E-state index contributed by atoms with van der Waals surface area (Å²) in [5.41, 5.74) is 4.58. The molecule has 176 valence electrons. The molecule has 0 atom stereocenters. The molecule has 33 heavy (non-hydrogen) atoms. The molecular weight excluding hydrogens is 417 g/mol. The fourth-order valence-corrected chi connectivity index (χ4v) is 4.51. The molecule has 1 aliphatic heterocycles. The Morgan fingerprint density at radius 1 is 1.21 bits per heavy atom. The zero-order valence-corrected chi connectivity index (χ0v) is 20.6. The van der Waals surface area contributed by atoms with Gasteiger partial charge >= 0.3 is 5.97 Å². The molecule has 3 heterocycles. The molecule has 0 N–H and O–H groups in total. The largest absolute Gasteiger partial charge is 0.422 e. The van der Waals surface area contributed by atoms with Crippen LogP contribution in [0.15, 0.2) is 12.1 Å². The van der Waals surface area contributed by atoms with E-state index in [1.54, 1.807) is 0 Å². The Bertz CT molecular complexity index is 1220. The number of aryl methyl sites for hydroxylation is 3. The number of nitrogens with zero attached hydrogens (tertiary/aromatic N) is 3. The summed E-state index contributed by atoms with van der Waals surface area (Å²) in [5.74, 6) is -0.408. The van der Waals surface area contributed by atoms with Crippen molar-refractivity contribution in [2.75, 3.05) is 0 Å². The summed E-state index contributed by atoms with van der Waals surface area (Å²) >= 11 is 0. The number of fused-ring (bicyclic) bond motifs is 2. The molecule has 0 saturated carbocycles. The van der Waals surface area contributed by atoms with Crippen LogP contribution < -0.4 is 4.74 Å². The van der Waals surface area contributed by atoms with Gasteiger partial charge < -0.3 is 4.74 Å². The molecule has 5 nitrogen and oxygen atoms in total. The minimum absolute atomic E-state index is 0.233. The van der Waals surface area contributed by atoms with Crippen molar-refractivity contribution >= 4 is 16.9 Å². The third-order valence-corrected chi connectivity index (χ3v) is 6.67. The van der Waals surface area contributed by atoms with E-state index in [-0.39, 0.29) is 10.9 Å². The highest BCUT2D eigenvalue weighted by atomic mass is 19.1. The van der Waals surface area contributed by atoms with Gasteiger partial charge in [-0.05, 0) is 69.1 Å². The summed E-state index contributed by atoms with van der Waals surface area (Å²) in [5, 5.41) is 5.29. The second-order valence-corrected chi connectivity index (χ2v) is 10.2. The van der Waals surface area contributed by atoms with Gasteiger partial charge in [0.2, 0.25) is 0 Å². The third kappa shape index (κ3) is 4.40. The maximum absolute atomic E-state index is 15.1. The quantitative estimate of drug-likeness (QED) is 0.422. The van der Waals surface area contributed by atoms with Crippen LogP contribution in [0.3, 0.4) is 0 Å². The smallest absolute Gasteiger partial charge is 0.347 e. The van der Waals surface area contributed by atoms with E-state index in [1.165, 1.54) is 6.07 Å². The minimum atomic E-state index is -0.402. The van der Waals surface area contributed by atoms with Gasteiger partial charge in [-0.25, -0.2) is 14.2 Å². The highest BCUT2D eigenvalue weighted by Crippen LogP contribution is 2.36. The molecule has 4 rings (SSSR count). The molecule has 0 bridgehead atoms. The van der Waals surface area contributed by atoms with Gasteiger partial charge in [-0.3, -0.25) is 4.68 Å². The van der Waals surface area contributed by atoms with E-state index in [4.69, 9.17) is 9.84 Å². The van der Waals surface area contributed by atoms with Crippen molar-refractivity contribution in [2.24, 2.45) is 0 Å². The lowest BCUT2D eigenvalue weighted by Gasteiger charge is -2.21. The van der Waals surface area contributed by atoms with Crippen LogP contribution in [0.5, 0.6) is 5.75 Å². The number of rotatable bonds is 5. The number of carbonyl (C=O) groups is 1. The molecule has 0 radical (unpaired) electrons. The number of esters is 1. The second kappa shape index (κ2) is 8.88. The van der Waals surface area contributed by atoms with Crippen LogP contribution in [0.1, 0.15) is 91.9 Å². The Labute approximate surface area is 195 Å². The Hall–Kier alpha value is -2.76. The predicted molar refractivity (Wildman–Crippen MR) is 129 cm³/mol. The van der Waals surface area contributed by atoms with Crippen molar-refractivity contribution in [2.45, 2.75) is 92.0 Å². The van der Waals surface area contributed by atoms with E-state index in [0.717, 1.165) is 67.6 Å². The van der Waals surface area contributed by atoms with Crippen molar-refractivity contribution in [1.82, 2.24) is 14.8 Å². The molecule has 3 aromatic rings. The third-order valence-electron chi connectivity index (χ3n) is 6.67. The summed E-state index contributed by atoms with van der Waals surface area (Å²) in [7, 11) is 0. The van der Waals surface area contributed by atoms with Gasteiger partial charge in [0, 0.05) is 23.2 Å². The number of benzene rings is 1. The standard InChI is InChI=1S/C27H34FN3O2/c1-7-8-11-21-23(22-12-9-10-13-31(22)30-21)26(32)33-25-16(2)17(3)29-24-19(25)14-18(15-20(24)28)27(4,5)6/h14-15H,7-13H2,1-6H3. The van der Waals surface area contributed by atoms with Crippen LogP contribution >= 0.6 is 0 Å². The monoisotopic (exact) mass is 451 g/mol. The summed E-state index contributed by atoms with van der Waals surface area (Å²) in [6.45, 7) is 12.8. The first kappa shape index (κ1) is 23.4. The topological polar surface area (TPSA) is 57.0 Å². The van der Waals surface area contributed by atoms with Crippen molar-refractivity contribution < 1.29 is 13.9 Å². The van der Waals surface area contributed by atoms with E-state index >= 15 is 4.39 Å². The molecule has 0 unspecified atom stereocenters. The summed E-state index contributed by atoms with van der Waals surface area (Å²) in [6, 6.07) is 3.44. The van der Waals surface area contributed by atoms with Gasteiger partial charge in [0.25, 0.3) is 0 Å². The first-order valence-electron chi connectivity index (χ1n) is 12.0. The average molecular weight is 452 g/mol. The van der Waals surface area contributed by atoms with Crippen LogP contribution in [0.25, 0.3) is 10.9 Å². The zero-order chi connectivity index (χ0) is 23.9. The van der Waals surface area contributed by atoms with Crippen LogP contribution in [0.2, 0.25) is 0 Å². The SMILES string of the molecule is CCCCc1nn2c(c1C(=O)Oc1c(C)c(C)nc3c(F)cc(C(C)(C)C)cc13)CCCC2. The van der Waals surface area contributed by atoms with Crippen LogP contribution in [0, 0.1) is 19.7 Å². The highest BCUT2D eigenvalue weighted by Gasteiger charge is 2.28. The van der Waals surface area contributed by atoms with E-state index < -0.39 is 11.8 Å². The molecule has 1 aromatic carbocycles. The molecule has 0 spiro atoms. The van der Waals surface area contributed by atoms with Crippen LogP contribution in [0.4, 0.5) is 4.39 Å². The van der Waals surface area contributed by atoms with Crippen LogP contribution in [-0.4, -0.2) is 20.7 Å². The number of aromatic nitrogens is 3. The minimum Gasteiger partial charge on any atom is -0.422 e. The molecule has 0 amide bonds. The van der Waals surface area contributed by atoms with Crippen LogP contribution in [-0.2, 0) is 24.8 Å². The molecule has 0 aliphatic carbocycles. The van der Waals surface area contributed by atoms with E-state index in [1.807, 2.05) is 45.4 Å². The van der Waals surface area contributed by atoms with Crippen molar-refractivity contribution in [3.8, 4) is 5.75 Å². The summed E-state index contributed by atoms with van der Waals surface area (Å²) in [6.07, 6.45) is 5.67. The Kier molecular flexibility index (Phi) is 6.30. The number of halogens is 1. The highest BCUT2D eigenvalue weighted by molar-refractivity contribution is 5.97. The van der Waals surface area contributed by atoms with Gasteiger partial charge in [0.05, 0.1) is 11.4 Å². The fourth-order valence-electron chi connectivity index (χ4n) is 4.51. The number of unbranched alkanes of at least 4 members (excludes halogenated alkanes) is 1. The molecule has 0 saturated heterocycles. The lowest BCUT2D eigenvalue weighted by atomic mass is 9.86. The van der Waals surface area contributed by atoms with E-state index in [0.29, 0.717) is 22.4 Å². The van der Waals surface area contributed by atoms with Crippen molar-refractivity contribution in [3.05, 3.63) is 51.7 Å². The first-order chi connectivity index (χ1) is 15.6. The molecule has 0 fully saturated rings. The normalized spacial score (nSPS) is 13.9. The molecule has 1 aliphatic rings. The lowest BCUT2D eigenvalue weighted by Crippen LogP contribution is -2.17. The maximum Gasteiger partial charge on any atom is 0.347 e. The van der Waals surface area contributed by atoms with Gasteiger partial charge in [0.1, 0.15) is 22.6 Å². The maximum atomic E-state index is 15.1. The van der Waals surface area contributed by atoms with Crippen molar-refractivity contribution in [3.63, 3.8) is 0 Å². The number of hydrogen-bond donors (Lipinski definition) is 0. The molecular formula is C27H34FN3O2. The van der Waals surface area contributed by atoms with E-state index in [9.17, 15) is 4.79 Å². The Morgan fingerprint density at radius 2 is 1.97 bits per heavy atom. The molecule has 2 aromatic heterocycles. The second-order valence-electron chi connectivity index (χ2n) is 10.2. The van der Waals surface area contributed by atoms with Crippen molar-refractivity contribution in [1.29, 1.82) is 0 Å². The lowest BCUT2D eigenvalue weighted by molar-refractivity contribution is 0.0733. The Balaban J connectivity index is 1.84. The van der Waals surface area contributed by atoms with Gasteiger partial charge in [-0.2, -0.15) is 5.10 Å². The number of hydrogen-bond acceptors (Lipinski definition) is 4. The zero-order valence-electron chi connectivity index (χ0n) is 20.6.